The number of carbonyl (C=O) groups is 2. The average molecular weight is 1610 g/mol. The van der Waals surface area contributed by atoms with Gasteiger partial charge in [-0.15, -0.1) is 6.58 Å². The van der Waals surface area contributed by atoms with Crippen LogP contribution in [0, 0.1) is 6.92 Å². The molecule has 98 heavy (non-hydrogen) atoms. The molecule has 0 aromatic carbocycles. The Balaban J connectivity index is -0.000000165. The van der Waals surface area contributed by atoms with Crippen molar-refractivity contribution in [3.63, 3.8) is 0 Å². The maximum absolute atomic E-state index is 11.6. The van der Waals surface area contributed by atoms with Crippen LogP contribution >= 0.6 is 15.9 Å². The topological polar surface area (TPSA) is 143 Å². The van der Waals surface area contributed by atoms with Crippen molar-refractivity contribution in [3.8, 4) is 0 Å². The molecule has 11 nitrogen and oxygen atoms in total. The van der Waals surface area contributed by atoms with Gasteiger partial charge >= 0.3 is 126 Å². The Morgan fingerprint density at radius 1 is 0.469 bits per heavy atom. The molecule has 1 spiro atoms. The van der Waals surface area contributed by atoms with Gasteiger partial charge in [-0.1, -0.05) is 181 Å². The number of carbonyl (C=O) groups excluding carboxylic acids is 2. The van der Waals surface area contributed by atoms with Gasteiger partial charge in [0.25, 0.3) is 0 Å². The summed E-state index contributed by atoms with van der Waals surface area (Å²) in [5.74, 6) is 0.239. The van der Waals surface area contributed by atoms with Gasteiger partial charge in [-0.05, 0) is 214 Å². The van der Waals surface area contributed by atoms with Gasteiger partial charge in [-0.3, -0.25) is 9.59 Å². The van der Waals surface area contributed by atoms with Gasteiger partial charge in [0.2, 0.25) is 0 Å². The van der Waals surface area contributed by atoms with E-state index < -0.39 is 49.9 Å². The van der Waals surface area contributed by atoms with E-state index in [-0.39, 0.29) is 155 Å². The Morgan fingerprint density at radius 3 is 1.02 bits per heavy atom. The molecule has 0 atom stereocenters. The first kappa shape index (κ1) is 115. The van der Waals surface area contributed by atoms with E-state index in [9.17, 15) is 9.59 Å². The van der Waals surface area contributed by atoms with Crippen LogP contribution in [0.1, 0.15) is 263 Å². The van der Waals surface area contributed by atoms with E-state index in [0.717, 1.165) is 127 Å². The van der Waals surface area contributed by atoms with Crippen LogP contribution in [0.2, 0.25) is 109 Å². The first-order valence-electron chi connectivity index (χ1n) is 36.6. The van der Waals surface area contributed by atoms with Gasteiger partial charge in [0.05, 0.1) is 24.3 Å². The normalized spacial score (nSPS) is 16.2. The summed E-state index contributed by atoms with van der Waals surface area (Å²) in [6.45, 7) is 93.1. The Kier molecular flexibility index (Phi) is 61.1. The van der Waals surface area contributed by atoms with Crippen molar-refractivity contribution in [1.82, 2.24) is 6.15 Å². The fourth-order valence-electron chi connectivity index (χ4n) is 8.20. The molecule has 0 radical (unpaired) electrons. The first-order chi connectivity index (χ1) is 42.3. The second-order valence-corrected chi connectivity index (χ2v) is 65.6. The van der Waals surface area contributed by atoms with E-state index in [4.69, 9.17) is 36.0 Å². The Morgan fingerprint density at radius 2 is 0.765 bits per heavy atom. The molecular weight excluding hydrogens is 1450 g/mol. The average Bonchev–Trinajstić information content (AvgIpc) is 1.65. The molecule has 0 amide bonds. The van der Waals surface area contributed by atoms with Crippen LogP contribution < -0.4 is 109 Å². The fourth-order valence-corrected chi connectivity index (χ4v) is 15.0. The zero-order chi connectivity index (χ0) is 74.5. The molecule has 0 bridgehead atoms. The summed E-state index contributed by atoms with van der Waals surface area (Å²) < 4.78 is 48.7. The second-order valence-electron chi connectivity index (χ2n) is 35.9. The van der Waals surface area contributed by atoms with Crippen molar-refractivity contribution in [2.24, 2.45) is 0 Å². The van der Waals surface area contributed by atoms with E-state index in [1.165, 1.54) is 48.0 Å². The maximum Gasteiger partial charge on any atom is 2.00 e. The number of hydrogen-bond acceptors (Lipinski definition) is 11. The van der Waals surface area contributed by atoms with Crippen LogP contribution in [0.3, 0.4) is 0 Å². The number of ketones is 2. The van der Waals surface area contributed by atoms with Crippen molar-refractivity contribution >= 4 is 100 Å². The Hall–Kier alpha value is 3.76. The number of unbranched alkanes of at least 4 members (excludes halogenated alkanes) is 3. The van der Waals surface area contributed by atoms with Crippen molar-refractivity contribution in [2.75, 3.05) is 52.9 Å². The van der Waals surface area contributed by atoms with E-state index in [2.05, 4.69) is 260 Å². The molecule has 4 rings (SSSR count). The van der Waals surface area contributed by atoms with Gasteiger partial charge in [0.15, 0.2) is 67.3 Å². The zero-order valence-corrected chi connectivity index (χ0v) is 87.6. The van der Waals surface area contributed by atoms with Crippen LogP contribution in [0.5, 0.6) is 0 Å². The molecule has 0 aromatic heterocycles. The van der Waals surface area contributed by atoms with Gasteiger partial charge in [0, 0.05) is 52.3 Å². The van der Waals surface area contributed by atoms with E-state index in [0.29, 0.717) is 39.0 Å². The molecule has 21 heteroatoms. The quantitative estimate of drug-likeness (QED) is 0.0404. The monoisotopic (exact) mass is 1610 g/mol. The molecular formula is C77H162BrK2MgNO10Si6+2. The maximum atomic E-state index is 11.6. The minimum Gasteiger partial charge on any atom is -1.00 e. The molecule has 568 valence electrons. The number of rotatable bonds is 25. The second kappa shape index (κ2) is 52.1. The van der Waals surface area contributed by atoms with E-state index in [1.807, 2.05) is 13.0 Å². The van der Waals surface area contributed by atoms with Crippen molar-refractivity contribution in [2.45, 2.75) is 377 Å². The summed E-state index contributed by atoms with van der Waals surface area (Å²) in [5.41, 5.74) is 6.42. The minimum absolute atomic E-state index is 0. The molecule has 0 unspecified atom stereocenters. The number of Topliss-reactive ketones (excluding diaryl/α,β-unsaturated/α-hetero) is 2. The Bertz CT molecular complexity index is 2230. The molecule has 3 N–H and O–H groups in total. The van der Waals surface area contributed by atoms with Crippen molar-refractivity contribution < 1.29 is 150 Å². The third-order valence-electron chi connectivity index (χ3n) is 21.7. The fraction of sp³-hybridized carbons (Fsp3) is 0.857. The summed E-state index contributed by atoms with van der Waals surface area (Å²) in [6.07, 6.45) is 18.2. The van der Waals surface area contributed by atoms with Crippen LogP contribution in [0.4, 0.5) is 0 Å². The molecule has 1 fully saturated rings. The molecule has 0 aromatic rings. The molecule has 4 aliphatic rings. The van der Waals surface area contributed by atoms with Crippen molar-refractivity contribution in [3.05, 3.63) is 51.9 Å². The predicted octanol–water partition coefficient (Wildman–Crippen LogP) is 19.5. The predicted molar refractivity (Wildman–Crippen MR) is 443 cm³/mol. The minimum atomic E-state index is -1.62. The molecule has 3 aliphatic carbocycles. The van der Waals surface area contributed by atoms with E-state index >= 15 is 0 Å². The summed E-state index contributed by atoms with van der Waals surface area (Å²) in [6, 6.07) is 0. The number of ether oxygens (including phenoxy) is 2. The largest absolute Gasteiger partial charge is 2.00 e. The molecule has 0 saturated carbocycles. The number of hydrogen-bond donors (Lipinski definition) is 1. The van der Waals surface area contributed by atoms with Gasteiger partial charge in [-0.2, -0.15) is 6.42 Å². The van der Waals surface area contributed by atoms with Crippen LogP contribution in [-0.2, 0) is 45.6 Å². The third kappa shape index (κ3) is 44.6. The van der Waals surface area contributed by atoms with Crippen LogP contribution in [-0.4, -0.2) is 143 Å². The van der Waals surface area contributed by atoms with Crippen molar-refractivity contribution in [1.29, 1.82) is 0 Å². The number of halogens is 1. The summed E-state index contributed by atoms with van der Waals surface area (Å²) in [4.78, 5) is 22.3. The SMILES string of the molecule is C=CCO[Si](C)(C)C(C)(C)C.CC1=C(Br)C(=O)CC1.CC1=C(CCCO[Si](C)(C)C(C)(C)C)C(=O)CC1.CC1=C(CCCO[Si](C)(C)C(C)(C)C)C2(CC1)OCCO2.CCCCO[Si](C)(C)C(C)(C)C.CCCCO[Si](C)(C)C(C)(C)C.N.[CH2-]CCCO[Si](C)(C)C(C)(C)C.[H-].[K+].[K+].[Mg+2]. The van der Waals surface area contributed by atoms with Gasteiger partial charge in [-0.25, -0.2) is 0 Å². The zero-order valence-electron chi connectivity index (χ0n) is 73.3. The third-order valence-corrected chi connectivity index (χ3v) is 50.0. The number of allylic oxidation sites excluding steroid dienone is 5. The van der Waals surface area contributed by atoms with E-state index in [1.54, 1.807) is 0 Å². The molecule has 1 saturated heterocycles. The standard InChI is InChI=1S/C17H32O3Si.C15H28O2Si.2C10H24OSi.C10H23OSi.C9H20OSi.C6H7BrO.2K.Mg.H3N.H/c1-14-9-10-17(18-12-13-19-17)15(14)8-7-11-20-21(5,6)16(2,3)4;1-12-9-10-14(16)13(12)8-7-11-17-18(5,6)15(2,3)4;3*1-7-8-9-11-12(5,6)10(2,3)4;1-7-8-10-11(5,6)9(2,3)4;1-4-2-3-5(8)6(4)7;;;;;/h7-13H2,1-6H3;7-11H2,1-6H3;2*7-9H2,1-6H3;1,7-9H2,2-6H3;7H,1,8H2,2-6H3;2-3H2,1H3;;;;1H3;/q;;;;-1;;;2*+1;+2;;-1. The first-order valence-corrected chi connectivity index (χ1v) is 54.8. The molecule has 1 heterocycles. The summed E-state index contributed by atoms with van der Waals surface area (Å²) in [5, 5.41) is 1.94. The van der Waals surface area contributed by atoms with Crippen LogP contribution in [0.15, 0.2) is 45.0 Å². The summed E-state index contributed by atoms with van der Waals surface area (Å²) in [7, 11) is -9.09. The van der Waals surface area contributed by atoms with Crippen LogP contribution in [0.25, 0.3) is 0 Å². The summed E-state index contributed by atoms with van der Waals surface area (Å²) >= 11 is 3.20. The Labute approximate surface area is 728 Å². The molecule has 1 aliphatic heterocycles. The smallest absolute Gasteiger partial charge is 1.00 e. The van der Waals surface area contributed by atoms with Gasteiger partial charge < -0.3 is 50.5 Å². The van der Waals surface area contributed by atoms with Gasteiger partial charge in [0.1, 0.15) is 0 Å².